The Bertz CT molecular complexity index is 1240. The van der Waals surface area contributed by atoms with E-state index in [0.717, 1.165) is 25.7 Å². The van der Waals surface area contributed by atoms with Crippen LogP contribution in [-0.4, -0.2) is 110 Å². The van der Waals surface area contributed by atoms with Crippen molar-refractivity contribution in [2.24, 2.45) is 0 Å². The molecule has 398 valence electrons. The lowest BCUT2D eigenvalue weighted by Gasteiger charge is -2.40. The topological polar surface area (TPSA) is 189 Å². The van der Waals surface area contributed by atoms with Gasteiger partial charge in [0.1, 0.15) is 36.6 Å². The highest BCUT2D eigenvalue weighted by Crippen LogP contribution is 2.23. The van der Waals surface area contributed by atoms with Crippen molar-refractivity contribution >= 4 is 5.91 Å². The molecule has 0 saturated carbocycles. The predicted octanol–water partition coefficient (Wildman–Crippen LogP) is 11.3. The molecular formula is C57H105NO10. The summed E-state index contributed by atoms with van der Waals surface area (Å²) in [5.41, 5.74) is 0. The van der Waals surface area contributed by atoms with Crippen LogP contribution in [0.1, 0.15) is 239 Å². The minimum Gasteiger partial charge on any atom is -0.394 e. The smallest absolute Gasteiger partial charge is 0.249 e. The van der Waals surface area contributed by atoms with Gasteiger partial charge in [-0.15, -0.1) is 0 Å². The molecule has 0 bridgehead atoms. The molecule has 9 unspecified atom stereocenters. The number of nitrogens with one attached hydrogen (secondary N) is 1. The highest BCUT2D eigenvalue weighted by molar-refractivity contribution is 5.81. The first-order valence-electron chi connectivity index (χ1n) is 28.0. The van der Waals surface area contributed by atoms with Crippen molar-refractivity contribution in [2.75, 3.05) is 13.2 Å². The number of rotatable bonds is 47. The van der Waals surface area contributed by atoms with E-state index in [1.807, 2.05) is 6.08 Å². The molecular weight excluding hydrogens is 859 g/mol. The van der Waals surface area contributed by atoms with Crippen molar-refractivity contribution in [3.8, 4) is 0 Å². The summed E-state index contributed by atoms with van der Waals surface area (Å²) in [7, 11) is 0. The van der Waals surface area contributed by atoms with E-state index < -0.39 is 74.2 Å². The fourth-order valence-corrected chi connectivity index (χ4v) is 8.74. The molecule has 1 aliphatic heterocycles. The van der Waals surface area contributed by atoms with Crippen molar-refractivity contribution in [2.45, 2.75) is 294 Å². The molecule has 1 heterocycles. The maximum atomic E-state index is 13.1. The minimum atomic E-state index is -1.68. The van der Waals surface area contributed by atoms with Gasteiger partial charge in [-0.3, -0.25) is 4.79 Å². The molecule has 1 rings (SSSR count). The van der Waals surface area contributed by atoms with E-state index in [4.69, 9.17) is 9.47 Å². The number of unbranched alkanes of at least 4 members (excludes halogenated alkanes) is 28. The summed E-state index contributed by atoms with van der Waals surface area (Å²) in [6.45, 7) is 3.38. The average Bonchev–Trinajstić information content (AvgIpc) is 3.34. The van der Waals surface area contributed by atoms with E-state index in [0.29, 0.717) is 19.3 Å². The molecule has 0 aromatic rings. The van der Waals surface area contributed by atoms with E-state index in [9.17, 15) is 40.5 Å². The zero-order chi connectivity index (χ0) is 49.7. The predicted molar refractivity (Wildman–Crippen MR) is 279 cm³/mol. The second-order valence-corrected chi connectivity index (χ2v) is 19.6. The van der Waals surface area contributed by atoms with Crippen LogP contribution in [0.25, 0.3) is 0 Å². The molecule has 0 aromatic carbocycles. The first-order chi connectivity index (χ1) is 33.2. The molecule has 11 nitrogen and oxygen atoms in total. The number of aliphatic hydroxyl groups excluding tert-OH is 7. The Labute approximate surface area is 415 Å². The zero-order valence-electron chi connectivity index (χ0n) is 43.3. The fourth-order valence-electron chi connectivity index (χ4n) is 8.74. The van der Waals surface area contributed by atoms with E-state index in [1.165, 1.54) is 167 Å². The van der Waals surface area contributed by atoms with Crippen LogP contribution in [0.2, 0.25) is 0 Å². The Balaban J connectivity index is 2.31. The van der Waals surface area contributed by atoms with E-state index >= 15 is 0 Å². The lowest BCUT2D eigenvalue weighted by molar-refractivity contribution is -0.303. The quantitative estimate of drug-likeness (QED) is 0.0215. The fraction of sp³-hybridized carbons (Fsp3) is 0.842. The Hall–Kier alpha value is -1.93. The summed E-state index contributed by atoms with van der Waals surface area (Å²) >= 11 is 0. The van der Waals surface area contributed by atoms with Gasteiger partial charge in [0.15, 0.2) is 6.29 Å². The van der Waals surface area contributed by atoms with Crippen LogP contribution >= 0.6 is 0 Å². The van der Waals surface area contributed by atoms with Gasteiger partial charge in [0, 0.05) is 6.42 Å². The van der Waals surface area contributed by atoms with E-state index in [-0.39, 0.29) is 12.8 Å². The highest BCUT2D eigenvalue weighted by atomic mass is 16.7. The number of ether oxygens (including phenoxy) is 2. The maximum absolute atomic E-state index is 13.1. The summed E-state index contributed by atoms with van der Waals surface area (Å²) in [5, 5.41) is 75.7. The summed E-state index contributed by atoms with van der Waals surface area (Å²) in [6.07, 6.45) is 46.5. The molecule has 9 atom stereocenters. The first kappa shape index (κ1) is 64.1. The molecule has 0 aliphatic carbocycles. The van der Waals surface area contributed by atoms with Crippen LogP contribution in [0.4, 0.5) is 0 Å². The van der Waals surface area contributed by atoms with Crippen LogP contribution in [0.3, 0.4) is 0 Å². The first-order valence-corrected chi connectivity index (χ1v) is 28.0. The molecule has 0 spiro atoms. The number of carbonyl (C=O) groups is 1. The molecule has 1 amide bonds. The van der Waals surface area contributed by atoms with Gasteiger partial charge in [-0.25, -0.2) is 0 Å². The number of allylic oxidation sites excluding steroid dienone is 7. The third-order valence-electron chi connectivity index (χ3n) is 13.3. The Morgan fingerprint density at radius 3 is 1.41 bits per heavy atom. The van der Waals surface area contributed by atoms with Crippen molar-refractivity contribution in [1.82, 2.24) is 5.32 Å². The number of aliphatic hydroxyl groups is 7. The van der Waals surface area contributed by atoms with Crippen LogP contribution < -0.4 is 5.32 Å². The van der Waals surface area contributed by atoms with Gasteiger partial charge in [0.2, 0.25) is 5.91 Å². The summed E-state index contributed by atoms with van der Waals surface area (Å²) in [5.74, 6) is -0.778. The number of amides is 1. The normalized spacial score (nSPS) is 20.9. The summed E-state index contributed by atoms with van der Waals surface area (Å²) < 4.78 is 11.1. The minimum absolute atomic E-state index is 0.0395. The van der Waals surface area contributed by atoms with Crippen LogP contribution in [0.5, 0.6) is 0 Å². The van der Waals surface area contributed by atoms with Crippen molar-refractivity contribution in [3.05, 3.63) is 48.6 Å². The lowest BCUT2D eigenvalue weighted by atomic mass is 9.99. The van der Waals surface area contributed by atoms with Crippen molar-refractivity contribution in [3.63, 3.8) is 0 Å². The van der Waals surface area contributed by atoms with Crippen molar-refractivity contribution in [1.29, 1.82) is 0 Å². The van der Waals surface area contributed by atoms with Gasteiger partial charge in [-0.2, -0.15) is 0 Å². The molecule has 0 radical (unpaired) electrons. The molecule has 0 aromatic heterocycles. The number of hydrogen-bond acceptors (Lipinski definition) is 10. The second-order valence-electron chi connectivity index (χ2n) is 19.6. The standard InChI is InChI=1S/C57H105NO10/c1-3-5-7-9-11-13-15-17-18-19-20-21-22-23-24-25-26-27-28-29-30-31-32-33-35-36-38-40-42-44-49(60)52(62)48(47-67-57-55(65)54(64)53(63)51(46-59)68-57)58-56(66)50(61)45-43-41-39-37-34-16-14-12-10-8-6-4-2/h31-32,34,36-38,41,43,48-55,57,59-65H,3-30,33,35,39-40,42,44-47H2,1-2H3,(H,58,66)/b32-31+,37-34-,38-36+,43-41-. The third-order valence-corrected chi connectivity index (χ3v) is 13.3. The van der Waals surface area contributed by atoms with Crippen LogP contribution in [0, 0.1) is 0 Å². The van der Waals surface area contributed by atoms with Crippen LogP contribution in [-0.2, 0) is 14.3 Å². The molecule has 68 heavy (non-hydrogen) atoms. The molecule has 1 aliphatic rings. The molecule has 1 fully saturated rings. The number of carbonyl (C=O) groups excluding carboxylic acids is 1. The van der Waals surface area contributed by atoms with Gasteiger partial charge in [0.05, 0.1) is 25.4 Å². The van der Waals surface area contributed by atoms with Gasteiger partial charge >= 0.3 is 0 Å². The zero-order valence-corrected chi connectivity index (χ0v) is 43.3. The second kappa shape index (κ2) is 46.2. The Kier molecular flexibility index (Phi) is 43.5. The Morgan fingerprint density at radius 2 is 0.941 bits per heavy atom. The van der Waals surface area contributed by atoms with Gasteiger partial charge in [0.25, 0.3) is 0 Å². The maximum Gasteiger partial charge on any atom is 0.249 e. The molecule has 8 N–H and O–H groups in total. The summed E-state index contributed by atoms with van der Waals surface area (Å²) in [4.78, 5) is 13.1. The van der Waals surface area contributed by atoms with Gasteiger partial charge in [-0.1, -0.05) is 217 Å². The van der Waals surface area contributed by atoms with Gasteiger partial charge < -0.3 is 50.5 Å². The average molecular weight is 964 g/mol. The van der Waals surface area contributed by atoms with E-state index in [1.54, 1.807) is 6.08 Å². The Morgan fingerprint density at radius 1 is 0.529 bits per heavy atom. The highest BCUT2D eigenvalue weighted by Gasteiger charge is 2.44. The number of hydrogen-bond donors (Lipinski definition) is 8. The summed E-state index contributed by atoms with van der Waals surface area (Å²) in [6, 6.07) is -1.22. The van der Waals surface area contributed by atoms with Crippen LogP contribution in [0.15, 0.2) is 48.6 Å². The lowest BCUT2D eigenvalue weighted by Crippen LogP contribution is -2.60. The SMILES string of the molecule is CCCCCCCC/C=C\C/C=C\CC(O)C(=O)NC(COC1OC(CO)C(O)C(O)C1O)C(O)C(O)CCC/C=C/CC/C=C/CCCCCCCCCCCCCCCCCCCCCC. The van der Waals surface area contributed by atoms with Crippen molar-refractivity contribution < 1.29 is 50.0 Å². The monoisotopic (exact) mass is 964 g/mol. The third kappa shape index (κ3) is 34.4. The molecule has 1 saturated heterocycles. The largest absolute Gasteiger partial charge is 0.394 e. The van der Waals surface area contributed by atoms with E-state index in [2.05, 4.69) is 55.6 Å². The molecule has 11 heteroatoms. The van der Waals surface area contributed by atoms with Gasteiger partial charge in [-0.05, 0) is 64.2 Å².